The third kappa shape index (κ3) is 6.84. The molecule has 3 nitrogen and oxygen atoms in total. The maximum absolute atomic E-state index is 13.1. The standard InChI is InChI=1S/C9H10F10O3S.Na/c10-1(2(11)4(13)6(15)8(17)18)3(12)5(14)7(16)9(19)23(20,21)22;/h1-9H,(H,20,21,22);/q;+1/p-1. The molecule has 0 radical (unpaired) electrons. The Kier molecular flexibility index (Phi) is 11.4. The zero-order valence-corrected chi connectivity index (χ0v) is 14.4. The largest absolute Gasteiger partial charge is 1.00 e. The van der Waals surface area contributed by atoms with Gasteiger partial charge < -0.3 is 4.55 Å². The van der Waals surface area contributed by atoms with Crippen LogP contribution >= 0.6 is 0 Å². The molecule has 0 aliphatic heterocycles. The fourth-order valence-electron chi connectivity index (χ4n) is 1.32. The van der Waals surface area contributed by atoms with Gasteiger partial charge in [-0.3, -0.25) is 0 Å². The van der Waals surface area contributed by atoms with E-state index in [-0.39, 0.29) is 29.6 Å². The van der Waals surface area contributed by atoms with Crippen molar-refractivity contribution in [1.82, 2.24) is 0 Å². The topological polar surface area (TPSA) is 57.2 Å². The number of hydrogen-bond acceptors (Lipinski definition) is 3. The molecule has 0 fully saturated rings. The average Bonchev–Trinajstić information content (AvgIpc) is 2.47. The Morgan fingerprint density at radius 3 is 1.04 bits per heavy atom. The van der Waals surface area contributed by atoms with Crippen LogP contribution in [0.3, 0.4) is 0 Å². The Morgan fingerprint density at radius 2 is 0.792 bits per heavy atom. The van der Waals surface area contributed by atoms with E-state index in [9.17, 15) is 56.9 Å². The second-order valence-electron chi connectivity index (χ2n) is 4.29. The second-order valence-corrected chi connectivity index (χ2v) is 5.73. The van der Waals surface area contributed by atoms with Crippen molar-refractivity contribution in [3.8, 4) is 0 Å². The molecule has 0 rings (SSSR count). The van der Waals surface area contributed by atoms with Crippen molar-refractivity contribution >= 4 is 10.1 Å². The third-order valence-corrected chi connectivity index (χ3v) is 3.40. The normalized spacial score (nSPS) is 22.7. The molecule has 24 heavy (non-hydrogen) atoms. The molecular weight excluding hydrogens is 401 g/mol. The molecule has 0 spiro atoms. The predicted octanol–water partition coefficient (Wildman–Crippen LogP) is -0.537. The van der Waals surface area contributed by atoms with E-state index in [4.69, 9.17) is 0 Å². The summed E-state index contributed by atoms with van der Waals surface area (Å²) < 4.78 is 157. The van der Waals surface area contributed by atoms with Gasteiger partial charge >= 0.3 is 29.6 Å². The van der Waals surface area contributed by atoms with Crippen molar-refractivity contribution in [3.63, 3.8) is 0 Å². The zero-order chi connectivity index (χ0) is 18.7. The van der Waals surface area contributed by atoms with Crippen molar-refractivity contribution < 1.29 is 86.4 Å². The molecule has 0 aliphatic rings. The van der Waals surface area contributed by atoms with Crippen LogP contribution in [0, 0.1) is 0 Å². The molecule has 0 amide bonds. The van der Waals surface area contributed by atoms with Crippen molar-refractivity contribution in [2.24, 2.45) is 0 Å². The molecule has 8 atom stereocenters. The van der Waals surface area contributed by atoms with Crippen LogP contribution < -0.4 is 29.6 Å². The van der Waals surface area contributed by atoms with E-state index in [1.807, 2.05) is 0 Å². The summed E-state index contributed by atoms with van der Waals surface area (Å²) in [4.78, 5) is 0. The van der Waals surface area contributed by atoms with Gasteiger partial charge in [-0.1, -0.05) is 0 Å². The maximum Gasteiger partial charge on any atom is 1.00 e. The van der Waals surface area contributed by atoms with Crippen molar-refractivity contribution in [3.05, 3.63) is 0 Å². The number of hydrogen-bond donors (Lipinski definition) is 0. The van der Waals surface area contributed by atoms with Gasteiger partial charge in [0.05, 0.1) is 0 Å². The van der Waals surface area contributed by atoms with Gasteiger partial charge in [0.2, 0.25) is 5.50 Å². The Morgan fingerprint density at radius 1 is 0.542 bits per heavy atom. The van der Waals surface area contributed by atoms with Crippen molar-refractivity contribution in [1.29, 1.82) is 0 Å². The Bertz CT molecular complexity index is 468. The first-order valence-corrected chi connectivity index (χ1v) is 7.06. The van der Waals surface area contributed by atoms with Crippen molar-refractivity contribution in [2.45, 2.75) is 55.1 Å². The summed E-state index contributed by atoms with van der Waals surface area (Å²) in [5.74, 6) is 0. The van der Waals surface area contributed by atoms with Gasteiger partial charge in [-0.2, -0.15) is 0 Å². The first-order valence-electron chi connectivity index (χ1n) is 5.58. The molecule has 0 saturated heterocycles. The Balaban J connectivity index is 0. The van der Waals surface area contributed by atoms with Crippen LogP contribution in [0.4, 0.5) is 43.9 Å². The van der Waals surface area contributed by atoms with Crippen LogP contribution in [-0.4, -0.2) is 68.1 Å². The van der Waals surface area contributed by atoms with Gasteiger partial charge in [-0.25, -0.2) is 52.3 Å². The summed E-state index contributed by atoms with van der Waals surface area (Å²) in [7, 11) is -6.12. The van der Waals surface area contributed by atoms with Gasteiger partial charge in [0.1, 0.15) is 10.1 Å². The average molecular weight is 410 g/mol. The van der Waals surface area contributed by atoms with Crippen LogP contribution in [0.2, 0.25) is 0 Å². The number of halogens is 10. The predicted molar refractivity (Wildman–Crippen MR) is 54.9 cm³/mol. The first kappa shape index (κ1) is 26.4. The molecule has 0 saturated carbocycles. The minimum atomic E-state index is -6.12. The summed E-state index contributed by atoms with van der Waals surface area (Å²) in [5.41, 5.74) is -4.18. The van der Waals surface area contributed by atoms with Gasteiger partial charge in [-0.05, 0) is 0 Å². The van der Waals surface area contributed by atoms with Gasteiger partial charge in [0.25, 0.3) is 6.43 Å². The quantitative estimate of drug-likeness (QED) is 0.292. The summed E-state index contributed by atoms with van der Waals surface area (Å²) in [6.45, 7) is 0. The van der Waals surface area contributed by atoms with E-state index in [1.54, 1.807) is 0 Å². The molecular formula is C9H9F10NaO3S. The maximum atomic E-state index is 13.1. The molecule has 0 aliphatic carbocycles. The van der Waals surface area contributed by atoms with E-state index < -0.39 is 65.2 Å². The van der Waals surface area contributed by atoms with E-state index in [1.165, 1.54) is 0 Å². The zero-order valence-electron chi connectivity index (χ0n) is 11.6. The van der Waals surface area contributed by atoms with E-state index >= 15 is 0 Å². The van der Waals surface area contributed by atoms with Crippen LogP contribution in [0.1, 0.15) is 0 Å². The molecule has 0 aromatic heterocycles. The number of alkyl halides is 10. The van der Waals surface area contributed by atoms with Gasteiger partial charge in [0.15, 0.2) is 43.2 Å². The second kappa shape index (κ2) is 10.4. The summed E-state index contributed by atoms with van der Waals surface area (Å²) in [6, 6.07) is 0. The van der Waals surface area contributed by atoms with E-state index in [2.05, 4.69) is 0 Å². The first-order chi connectivity index (χ1) is 10.2. The fraction of sp³-hybridized carbons (Fsp3) is 1.00. The summed E-state index contributed by atoms with van der Waals surface area (Å²) >= 11 is 0. The molecule has 140 valence electrons. The minimum absolute atomic E-state index is 0. The van der Waals surface area contributed by atoms with Gasteiger partial charge in [-0.15, -0.1) is 0 Å². The molecule has 0 aromatic rings. The van der Waals surface area contributed by atoms with E-state index in [0.29, 0.717) is 0 Å². The van der Waals surface area contributed by atoms with Crippen LogP contribution in [-0.2, 0) is 10.1 Å². The fourth-order valence-corrected chi connectivity index (χ4v) is 1.79. The van der Waals surface area contributed by atoms with Crippen LogP contribution in [0.25, 0.3) is 0 Å². The molecule has 0 N–H and O–H groups in total. The molecule has 0 bridgehead atoms. The molecule has 15 heteroatoms. The Labute approximate surface area is 151 Å². The van der Waals surface area contributed by atoms with E-state index in [0.717, 1.165) is 0 Å². The molecule has 0 aromatic carbocycles. The SMILES string of the molecule is O=S(=O)([O-])C(F)C(F)C(F)C(F)C(F)C(F)C(F)C(F)C(F)F.[Na+]. The van der Waals surface area contributed by atoms with Crippen LogP contribution in [0.5, 0.6) is 0 Å². The summed E-state index contributed by atoms with van der Waals surface area (Å²) in [5, 5.41) is 0. The van der Waals surface area contributed by atoms with Crippen LogP contribution in [0.15, 0.2) is 0 Å². The minimum Gasteiger partial charge on any atom is -0.746 e. The summed E-state index contributed by atoms with van der Waals surface area (Å²) in [6.07, 6.45) is -32.4. The van der Waals surface area contributed by atoms with Crippen molar-refractivity contribution in [2.75, 3.05) is 0 Å². The number of rotatable bonds is 9. The molecule has 0 heterocycles. The monoisotopic (exact) mass is 410 g/mol. The van der Waals surface area contributed by atoms with Gasteiger partial charge in [0, 0.05) is 0 Å². The Hall–Kier alpha value is 0.210. The molecule has 8 unspecified atom stereocenters. The smallest absolute Gasteiger partial charge is 0.746 e. The third-order valence-electron chi connectivity index (χ3n) is 2.59.